The lowest BCUT2D eigenvalue weighted by atomic mass is 10.1. The van der Waals surface area contributed by atoms with Gasteiger partial charge in [-0.3, -0.25) is 0 Å². The normalized spacial score (nSPS) is 12.9. The minimum Gasteiger partial charge on any atom is -0.410 e. The van der Waals surface area contributed by atoms with E-state index in [1.54, 1.807) is 0 Å². The Morgan fingerprint density at radius 1 is 1.25 bits per heavy atom. The monoisotopic (exact) mass is 332 g/mol. The fourth-order valence-corrected chi connectivity index (χ4v) is 3.03. The van der Waals surface area contributed by atoms with Crippen molar-refractivity contribution < 1.29 is 10.2 Å². The second-order valence-electron chi connectivity index (χ2n) is 4.75. The molecule has 2 rings (SSSR count). The van der Waals surface area contributed by atoms with Crippen LogP contribution in [0.4, 0.5) is 0 Å². The summed E-state index contributed by atoms with van der Waals surface area (Å²) in [6.45, 7) is 4.14. The van der Waals surface area contributed by atoms with Crippen LogP contribution in [0.25, 0.3) is 0 Å². The van der Waals surface area contributed by atoms with Gasteiger partial charge in [0.2, 0.25) is 0 Å². The van der Waals surface area contributed by atoms with Crippen molar-refractivity contribution in [1.82, 2.24) is 10.2 Å². The van der Waals surface area contributed by atoms with Crippen molar-refractivity contribution in [3.05, 3.63) is 39.7 Å². The molecular formula is C13H16Cl2N3OS+. The largest absolute Gasteiger partial charge is 0.410 e. The van der Waals surface area contributed by atoms with Crippen molar-refractivity contribution in [2.24, 2.45) is 5.92 Å². The molecule has 4 nitrogen and oxygen atoms in total. The molecule has 2 aromatic rings. The van der Waals surface area contributed by atoms with Gasteiger partial charge < -0.3 is 10.2 Å². The van der Waals surface area contributed by atoms with Crippen molar-refractivity contribution in [2.75, 3.05) is 0 Å². The molecule has 7 heteroatoms. The second kappa shape index (κ2) is 6.80. The average molecular weight is 333 g/mol. The Morgan fingerprint density at radius 3 is 2.50 bits per heavy atom. The number of hydrogen-bond donors (Lipinski definition) is 1. The highest BCUT2D eigenvalue weighted by atomic mass is 35.5. The highest BCUT2D eigenvalue weighted by molar-refractivity contribution is 7.98. The first kappa shape index (κ1) is 15.6. The van der Waals surface area contributed by atoms with Crippen molar-refractivity contribution in [3.8, 4) is 0 Å². The molecule has 0 aliphatic heterocycles. The van der Waals surface area contributed by atoms with Crippen LogP contribution in [0.5, 0.6) is 0 Å². The van der Waals surface area contributed by atoms with Gasteiger partial charge in [0.15, 0.2) is 6.04 Å². The van der Waals surface area contributed by atoms with Crippen LogP contribution in [-0.2, 0) is 5.75 Å². The smallest absolute Gasteiger partial charge is 0.277 e. The summed E-state index contributed by atoms with van der Waals surface area (Å²) in [4.78, 5) is 0. The number of aromatic nitrogens is 2. The Kier molecular flexibility index (Phi) is 5.32. The third-order valence-electron chi connectivity index (χ3n) is 2.95. The van der Waals surface area contributed by atoms with Gasteiger partial charge in [-0.2, -0.15) is 0 Å². The SMILES string of the molecule is CC(C)[C@H]([NH3+])c1nnc(SCc2c(Cl)cccc2Cl)o1. The van der Waals surface area contributed by atoms with Crippen molar-refractivity contribution >= 4 is 35.0 Å². The Balaban J connectivity index is 2.05. The zero-order valence-electron chi connectivity index (χ0n) is 11.3. The zero-order chi connectivity index (χ0) is 14.7. The molecule has 0 fully saturated rings. The number of hydrogen-bond acceptors (Lipinski definition) is 4. The summed E-state index contributed by atoms with van der Waals surface area (Å²) in [6.07, 6.45) is 0. The third kappa shape index (κ3) is 3.67. The molecule has 0 amide bonds. The summed E-state index contributed by atoms with van der Waals surface area (Å²) in [7, 11) is 0. The molecule has 0 radical (unpaired) electrons. The summed E-state index contributed by atoms with van der Waals surface area (Å²) >= 11 is 13.7. The lowest BCUT2D eigenvalue weighted by Gasteiger charge is -2.06. The number of benzene rings is 1. The van der Waals surface area contributed by atoms with Crippen LogP contribution in [0.2, 0.25) is 10.0 Å². The van der Waals surface area contributed by atoms with E-state index in [2.05, 4.69) is 29.8 Å². The first-order valence-electron chi connectivity index (χ1n) is 6.21. The molecule has 0 saturated carbocycles. The maximum atomic E-state index is 6.12. The van der Waals surface area contributed by atoms with Crippen molar-refractivity contribution in [3.63, 3.8) is 0 Å². The molecule has 0 aliphatic rings. The van der Waals surface area contributed by atoms with Crippen LogP contribution in [0.1, 0.15) is 31.3 Å². The van der Waals surface area contributed by atoms with Crippen LogP contribution in [0.15, 0.2) is 27.8 Å². The minimum absolute atomic E-state index is 0.000696. The summed E-state index contributed by atoms with van der Waals surface area (Å²) < 4.78 is 5.60. The van der Waals surface area contributed by atoms with Gasteiger partial charge >= 0.3 is 0 Å². The first-order chi connectivity index (χ1) is 9.49. The molecule has 3 N–H and O–H groups in total. The van der Waals surface area contributed by atoms with Crippen LogP contribution >= 0.6 is 35.0 Å². The van der Waals surface area contributed by atoms with Gasteiger partial charge in [0, 0.05) is 21.7 Å². The Hall–Kier alpha value is -0.750. The second-order valence-corrected chi connectivity index (χ2v) is 6.49. The topological polar surface area (TPSA) is 66.6 Å². The van der Waals surface area contributed by atoms with Gasteiger partial charge in [0.1, 0.15) is 0 Å². The van der Waals surface area contributed by atoms with Crippen LogP contribution in [0.3, 0.4) is 0 Å². The standard InChI is InChI=1S/C13H15Cl2N3OS/c1-7(2)11(16)12-17-18-13(19-12)20-6-8-9(14)4-3-5-10(8)15/h3-5,7,11H,6,16H2,1-2H3/p+1/t11-/m0/s1. The van der Waals surface area contributed by atoms with E-state index < -0.39 is 0 Å². The number of halogens is 2. The van der Waals surface area contributed by atoms with Gasteiger partial charge in [-0.05, 0) is 17.7 Å². The minimum atomic E-state index is 0.000696. The van der Waals surface area contributed by atoms with E-state index in [1.807, 2.05) is 18.2 Å². The van der Waals surface area contributed by atoms with E-state index in [9.17, 15) is 0 Å². The predicted octanol–water partition coefficient (Wildman–Crippen LogP) is 3.61. The highest BCUT2D eigenvalue weighted by Crippen LogP contribution is 2.31. The Bertz CT molecular complexity index is 568. The van der Waals surface area contributed by atoms with E-state index in [0.717, 1.165) is 5.56 Å². The predicted molar refractivity (Wildman–Crippen MR) is 80.8 cm³/mol. The van der Waals surface area contributed by atoms with Gasteiger partial charge in [-0.15, -0.1) is 10.2 Å². The number of quaternary nitrogens is 1. The van der Waals surface area contributed by atoms with Crippen LogP contribution < -0.4 is 5.73 Å². The molecule has 20 heavy (non-hydrogen) atoms. The van der Waals surface area contributed by atoms with E-state index in [1.165, 1.54) is 11.8 Å². The fourth-order valence-electron chi connectivity index (χ4n) is 1.52. The van der Waals surface area contributed by atoms with Gasteiger partial charge in [0.05, 0.1) is 0 Å². The molecule has 1 aromatic carbocycles. The van der Waals surface area contributed by atoms with Gasteiger partial charge in [-0.25, -0.2) is 0 Å². The Labute approximate surface area is 132 Å². The molecule has 108 valence electrons. The summed E-state index contributed by atoms with van der Waals surface area (Å²) in [6, 6.07) is 5.45. The molecule has 0 unspecified atom stereocenters. The quantitative estimate of drug-likeness (QED) is 0.849. The van der Waals surface area contributed by atoms with Gasteiger partial charge in [-0.1, -0.05) is 54.9 Å². The maximum Gasteiger partial charge on any atom is 0.277 e. The average Bonchev–Trinajstić information content (AvgIpc) is 2.86. The third-order valence-corrected chi connectivity index (χ3v) is 4.50. The van der Waals surface area contributed by atoms with E-state index in [-0.39, 0.29) is 6.04 Å². The number of rotatable bonds is 5. The van der Waals surface area contributed by atoms with E-state index in [0.29, 0.717) is 32.8 Å². The molecule has 1 heterocycles. The van der Waals surface area contributed by atoms with E-state index in [4.69, 9.17) is 27.6 Å². The molecule has 1 atom stereocenters. The molecule has 0 spiro atoms. The fraction of sp³-hybridized carbons (Fsp3) is 0.385. The van der Waals surface area contributed by atoms with E-state index >= 15 is 0 Å². The summed E-state index contributed by atoms with van der Waals surface area (Å²) in [5, 5.41) is 9.83. The highest BCUT2D eigenvalue weighted by Gasteiger charge is 2.21. The lowest BCUT2D eigenvalue weighted by molar-refractivity contribution is -0.443. The number of nitrogens with zero attached hydrogens (tertiary/aromatic N) is 2. The van der Waals surface area contributed by atoms with Crippen molar-refractivity contribution in [2.45, 2.75) is 30.9 Å². The van der Waals surface area contributed by atoms with Crippen LogP contribution in [-0.4, -0.2) is 10.2 Å². The van der Waals surface area contributed by atoms with Crippen molar-refractivity contribution in [1.29, 1.82) is 0 Å². The molecular weight excluding hydrogens is 317 g/mol. The lowest BCUT2D eigenvalue weighted by Crippen LogP contribution is -2.56. The molecule has 0 aliphatic carbocycles. The molecule has 1 aromatic heterocycles. The first-order valence-corrected chi connectivity index (χ1v) is 7.95. The summed E-state index contributed by atoms with van der Waals surface area (Å²) in [5.74, 6) is 1.50. The van der Waals surface area contributed by atoms with Gasteiger partial charge in [0.25, 0.3) is 11.1 Å². The number of thioether (sulfide) groups is 1. The maximum absolute atomic E-state index is 6.12. The van der Waals surface area contributed by atoms with Crippen LogP contribution in [0, 0.1) is 5.92 Å². The zero-order valence-corrected chi connectivity index (χ0v) is 13.6. The molecule has 0 saturated heterocycles. The Morgan fingerprint density at radius 2 is 1.90 bits per heavy atom. The molecule has 0 bridgehead atoms. The summed E-state index contributed by atoms with van der Waals surface area (Å²) in [5.41, 5.74) is 4.89.